The highest BCUT2D eigenvalue weighted by atomic mass is 32.1. The summed E-state index contributed by atoms with van der Waals surface area (Å²) in [6.45, 7) is 15.2. The fraction of sp³-hybridized carbons (Fsp3) is 0.542. The van der Waals surface area contributed by atoms with E-state index >= 15 is 0 Å². The Kier molecular flexibility index (Phi) is 8.64. The molecule has 0 atom stereocenters. The summed E-state index contributed by atoms with van der Waals surface area (Å²) in [4.78, 5) is 23.6. The number of thiocarbonyl (C=S) groups is 1. The van der Waals surface area contributed by atoms with Crippen LogP contribution in [0.1, 0.15) is 27.7 Å². The maximum Gasteiger partial charge on any atom is 0.225 e. The third-order valence-electron chi connectivity index (χ3n) is 5.95. The minimum absolute atomic E-state index is 0.0496. The van der Waals surface area contributed by atoms with Gasteiger partial charge in [0.25, 0.3) is 0 Å². The molecule has 0 spiro atoms. The van der Waals surface area contributed by atoms with Crippen molar-refractivity contribution in [2.24, 2.45) is 5.92 Å². The molecule has 2 heterocycles. The molecular formula is C24H36N6OS. The van der Waals surface area contributed by atoms with Gasteiger partial charge in [-0.3, -0.25) is 4.79 Å². The number of fused-ring (bicyclic) bond motifs is 1. The van der Waals surface area contributed by atoms with Gasteiger partial charge in [-0.25, -0.2) is 4.98 Å². The maximum absolute atomic E-state index is 12.2. The number of rotatable bonds is 8. The topological polar surface area (TPSA) is 63.7 Å². The molecule has 0 saturated carbocycles. The van der Waals surface area contributed by atoms with Crippen LogP contribution in [-0.4, -0.2) is 78.2 Å². The third-order valence-corrected chi connectivity index (χ3v) is 6.20. The molecule has 1 saturated heterocycles. The number of nitrogens with zero attached hydrogens (tertiary/aromatic N) is 4. The minimum atomic E-state index is 0.0496. The predicted octanol–water partition coefficient (Wildman–Crippen LogP) is 3.17. The molecule has 7 nitrogen and oxygen atoms in total. The summed E-state index contributed by atoms with van der Waals surface area (Å²) >= 11 is 5.44. The van der Waals surface area contributed by atoms with Gasteiger partial charge in [0.1, 0.15) is 5.82 Å². The summed E-state index contributed by atoms with van der Waals surface area (Å²) in [5.74, 6) is 1.24. The first-order valence-electron chi connectivity index (χ1n) is 11.6. The smallest absolute Gasteiger partial charge is 0.225 e. The Hall–Kier alpha value is -2.45. The van der Waals surface area contributed by atoms with Crippen LogP contribution >= 0.6 is 12.2 Å². The largest absolute Gasteiger partial charge is 0.361 e. The number of pyridine rings is 1. The second kappa shape index (κ2) is 11.4. The number of amides is 1. The maximum atomic E-state index is 12.2. The quantitative estimate of drug-likeness (QED) is 0.592. The van der Waals surface area contributed by atoms with E-state index in [2.05, 4.69) is 52.5 Å². The van der Waals surface area contributed by atoms with Crippen molar-refractivity contribution < 1.29 is 4.79 Å². The normalized spacial score (nSPS) is 14.3. The van der Waals surface area contributed by atoms with E-state index in [0.717, 1.165) is 74.8 Å². The van der Waals surface area contributed by atoms with Crippen molar-refractivity contribution in [3.8, 4) is 0 Å². The molecule has 174 valence electrons. The molecule has 0 aliphatic carbocycles. The molecule has 0 unspecified atom stereocenters. The van der Waals surface area contributed by atoms with Gasteiger partial charge in [-0.2, -0.15) is 0 Å². The van der Waals surface area contributed by atoms with E-state index in [1.165, 1.54) is 0 Å². The van der Waals surface area contributed by atoms with Gasteiger partial charge in [0.15, 0.2) is 5.11 Å². The van der Waals surface area contributed by atoms with Crippen LogP contribution in [0.25, 0.3) is 10.9 Å². The van der Waals surface area contributed by atoms with E-state index in [9.17, 15) is 4.79 Å². The number of carbonyl (C=O) groups excluding carboxylic acids is 1. The molecule has 1 aromatic carbocycles. The van der Waals surface area contributed by atoms with Crippen LogP contribution in [0.3, 0.4) is 0 Å². The summed E-state index contributed by atoms with van der Waals surface area (Å²) in [5, 5.41) is 8.25. The Balaban J connectivity index is 1.56. The molecular weight excluding hydrogens is 420 g/mol. The summed E-state index contributed by atoms with van der Waals surface area (Å²) in [7, 11) is 0. The van der Waals surface area contributed by atoms with Crippen molar-refractivity contribution in [2.45, 2.75) is 27.7 Å². The zero-order valence-electron chi connectivity index (χ0n) is 19.7. The molecule has 1 amide bonds. The van der Waals surface area contributed by atoms with Gasteiger partial charge in [-0.1, -0.05) is 27.7 Å². The Labute approximate surface area is 197 Å². The number of aromatic nitrogens is 1. The molecule has 32 heavy (non-hydrogen) atoms. The third kappa shape index (κ3) is 6.29. The monoisotopic (exact) mass is 456 g/mol. The van der Waals surface area contributed by atoms with Crippen LogP contribution in [0.4, 0.5) is 11.5 Å². The fourth-order valence-corrected chi connectivity index (χ4v) is 4.15. The van der Waals surface area contributed by atoms with Crippen LogP contribution in [0.15, 0.2) is 30.3 Å². The zero-order valence-corrected chi connectivity index (χ0v) is 20.5. The minimum Gasteiger partial charge on any atom is -0.361 e. The lowest BCUT2D eigenvalue weighted by Crippen LogP contribution is -2.50. The average molecular weight is 457 g/mol. The molecule has 1 fully saturated rings. The Bertz CT molecular complexity index is 922. The fourth-order valence-electron chi connectivity index (χ4n) is 3.93. The van der Waals surface area contributed by atoms with Crippen molar-refractivity contribution in [3.05, 3.63) is 30.3 Å². The standard InChI is InChI=1S/C24H36N6OS/c1-5-28(6-2)12-11-25-24(32)26-20-8-9-21-19(17-20)7-10-22(27-21)29-13-15-30(16-14-29)23(31)18(3)4/h7-10,17-18H,5-6,11-16H2,1-4H3,(H2,25,26,32). The predicted molar refractivity (Wildman–Crippen MR) is 137 cm³/mol. The van der Waals surface area contributed by atoms with E-state index in [1.807, 2.05) is 30.9 Å². The summed E-state index contributed by atoms with van der Waals surface area (Å²) in [6, 6.07) is 10.3. The Morgan fingerprint density at radius 2 is 1.84 bits per heavy atom. The molecule has 1 aromatic heterocycles. The van der Waals surface area contributed by atoms with E-state index in [1.54, 1.807) is 0 Å². The zero-order chi connectivity index (χ0) is 23.1. The molecule has 2 N–H and O–H groups in total. The van der Waals surface area contributed by atoms with Crippen molar-refractivity contribution in [1.82, 2.24) is 20.1 Å². The number of carbonyl (C=O) groups is 1. The van der Waals surface area contributed by atoms with Crippen LogP contribution < -0.4 is 15.5 Å². The number of anilines is 2. The second-order valence-electron chi connectivity index (χ2n) is 8.45. The second-order valence-corrected chi connectivity index (χ2v) is 8.86. The van der Waals surface area contributed by atoms with Crippen LogP contribution in [0.5, 0.6) is 0 Å². The Morgan fingerprint density at radius 3 is 2.50 bits per heavy atom. The van der Waals surface area contributed by atoms with Gasteiger partial charge >= 0.3 is 0 Å². The first-order valence-corrected chi connectivity index (χ1v) is 12.0. The lowest BCUT2D eigenvalue weighted by atomic mass is 10.1. The van der Waals surface area contributed by atoms with E-state index in [-0.39, 0.29) is 11.8 Å². The van der Waals surface area contributed by atoms with E-state index < -0.39 is 0 Å². The van der Waals surface area contributed by atoms with Crippen molar-refractivity contribution in [1.29, 1.82) is 0 Å². The van der Waals surface area contributed by atoms with Crippen molar-refractivity contribution >= 4 is 45.6 Å². The molecule has 1 aliphatic rings. The number of benzene rings is 1. The van der Waals surface area contributed by atoms with Crippen LogP contribution in [-0.2, 0) is 4.79 Å². The van der Waals surface area contributed by atoms with Crippen LogP contribution in [0, 0.1) is 5.92 Å². The molecule has 0 bridgehead atoms. The molecule has 0 radical (unpaired) electrons. The van der Waals surface area contributed by atoms with Gasteiger partial charge < -0.3 is 25.3 Å². The summed E-state index contributed by atoms with van der Waals surface area (Å²) < 4.78 is 0. The highest BCUT2D eigenvalue weighted by Crippen LogP contribution is 2.22. The highest BCUT2D eigenvalue weighted by molar-refractivity contribution is 7.80. The molecule has 2 aromatic rings. The van der Waals surface area contributed by atoms with Crippen molar-refractivity contribution in [2.75, 3.05) is 62.6 Å². The van der Waals surface area contributed by atoms with Crippen LogP contribution in [0.2, 0.25) is 0 Å². The highest BCUT2D eigenvalue weighted by Gasteiger charge is 2.23. The van der Waals surface area contributed by atoms with E-state index in [4.69, 9.17) is 17.2 Å². The number of nitrogens with one attached hydrogen (secondary N) is 2. The number of hydrogen-bond acceptors (Lipinski definition) is 5. The van der Waals surface area contributed by atoms with E-state index in [0.29, 0.717) is 5.11 Å². The van der Waals surface area contributed by atoms with Gasteiger partial charge in [0, 0.05) is 56.3 Å². The SMILES string of the molecule is CCN(CC)CCNC(=S)Nc1ccc2nc(N3CCN(C(=O)C(C)C)CC3)ccc2c1. The molecule has 1 aliphatic heterocycles. The van der Waals surface area contributed by atoms with Gasteiger partial charge in [0.2, 0.25) is 5.91 Å². The summed E-state index contributed by atoms with van der Waals surface area (Å²) in [5.41, 5.74) is 1.90. The lowest BCUT2D eigenvalue weighted by Gasteiger charge is -2.36. The number of hydrogen-bond donors (Lipinski definition) is 2. The van der Waals surface area contributed by atoms with Gasteiger partial charge in [0.05, 0.1) is 5.52 Å². The van der Waals surface area contributed by atoms with Gasteiger partial charge in [-0.05, 0) is 55.6 Å². The molecule has 3 rings (SSSR count). The van der Waals surface area contributed by atoms with Gasteiger partial charge in [-0.15, -0.1) is 0 Å². The molecule has 8 heteroatoms. The number of piperazine rings is 1. The first-order chi connectivity index (χ1) is 15.4. The first kappa shape index (κ1) is 24.2. The van der Waals surface area contributed by atoms with Crippen molar-refractivity contribution in [3.63, 3.8) is 0 Å². The lowest BCUT2D eigenvalue weighted by molar-refractivity contribution is -0.134. The Morgan fingerprint density at radius 1 is 1.12 bits per heavy atom. The number of likely N-dealkylation sites (N-methyl/N-ethyl adjacent to an activating group) is 1. The summed E-state index contributed by atoms with van der Waals surface area (Å²) in [6.07, 6.45) is 0. The average Bonchev–Trinajstić information content (AvgIpc) is 2.81.